The van der Waals surface area contributed by atoms with E-state index in [9.17, 15) is 4.79 Å². The van der Waals surface area contributed by atoms with Crippen LogP contribution in [-0.2, 0) is 11.2 Å². The summed E-state index contributed by atoms with van der Waals surface area (Å²) in [5.74, 6) is 1.00. The molecule has 1 aromatic rings. The lowest BCUT2D eigenvalue weighted by atomic mass is 9.99. The molecule has 15 heavy (non-hydrogen) atoms. The van der Waals surface area contributed by atoms with E-state index < -0.39 is 0 Å². The zero-order valence-corrected chi connectivity index (χ0v) is 8.98. The highest BCUT2D eigenvalue weighted by atomic mass is 16.1. The molecule has 0 unspecified atom stereocenters. The highest BCUT2D eigenvalue weighted by Crippen LogP contribution is 2.27. The summed E-state index contributed by atoms with van der Waals surface area (Å²) in [4.78, 5) is 15.9. The van der Waals surface area contributed by atoms with Crippen LogP contribution >= 0.6 is 0 Å². The van der Waals surface area contributed by atoms with Crippen LogP contribution in [0, 0.1) is 5.92 Å². The van der Waals surface area contributed by atoms with Crippen molar-refractivity contribution in [3.05, 3.63) is 30.1 Å². The fourth-order valence-corrected chi connectivity index (χ4v) is 2.31. The van der Waals surface area contributed by atoms with Gasteiger partial charge in [0.1, 0.15) is 5.78 Å². The number of Topliss-reactive ketones (excluding diaryl/α,β-unsaturated/α-hetero) is 1. The summed E-state index contributed by atoms with van der Waals surface area (Å²) >= 11 is 0. The van der Waals surface area contributed by atoms with Gasteiger partial charge in [0, 0.05) is 24.7 Å². The minimum absolute atomic E-state index is 0.348. The van der Waals surface area contributed by atoms with Gasteiger partial charge in [-0.05, 0) is 18.1 Å². The van der Waals surface area contributed by atoms with Crippen LogP contribution in [0.15, 0.2) is 24.4 Å². The van der Waals surface area contributed by atoms with Crippen LogP contribution in [0.3, 0.4) is 0 Å². The van der Waals surface area contributed by atoms with Crippen molar-refractivity contribution in [2.75, 3.05) is 0 Å². The summed E-state index contributed by atoms with van der Waals surface area (Å²) < 4.78 is 0. The Morgan fingerprint density at radius 1 is 1.33 bits per heavy atom. The maximum absolute atomic E-state index is 11.7. The average molecular weight is 203 g/mol. The van der Waals surface area contributed by atoms with Crippen molar-refractivity contribution in [3.8, 4) is 0 Å². The number of hydrogen-bond donors (Lipinski definition) is 0. The number of ketones is 1. The number of aromatic nitrogens is 1. The topological polar surface area (TPSA) is 30.0 Å². The van der Waals surface area contributed by atoms with E-state index in [4.69, 9.17) is 0 Å². The smallest absolute Gasteiger partial charge is 0.139 e. The van der Waals surface area contributed by atoms with Crippen molar-refractivity contribution in [3.63, 3.8) is 0 Å². The SMILES string of the molecule is O=C(Cc1ccccn1)CC1CCCC1. The lowest BCUT2D eigenvalue weighted by Gasteiger charge is -2.06. The molecular formula is C13H17NO. The summed E-state index contributed by atoms with van der Waals surface area (Å²) in [6.07, 6.45) is 8.12. The molecule has 0 atom stereocenters. The third-order valence-corrected chi connectivity index (χ3v) is 3.10. The molecule has 0 aromatic carbocycles. The van der Waals surface area contributed by atoms with Gasteiger partial charge >= 0.3 is 0 Å². The number of hydrogen-bond acceptors (Lipinski definition) is 2. The highest BCUT2D eigenvalue weighted by Gasteiger charge is 2.18. The Balaban J connectivity index is 1.82. The minimum atomic E-state index is 0.348. The van der Waals surface area contributed by atoms with E-state index in [0.29, 0.717) is 18.1 Å². The predicted octanol–water partition coefficient (Wildman–Crippen LogP) is 2.77. The van der Waals surface area contributed by atoms with E-state index in [1.807, 2.05) is 18.2 Å². The number of carbonyl (C=O) groups is 1. The van der Waals surface area contributed by atoms with Gasteiger partial charge in [0.2, 0.25) is 0 Å². The number of pyridine rings is 1. The standard InChI is InChI=1S/C13H17NO/c15-13(9-11-5-1-2-6-11)10-12-7-3-4-8-14-12/h3-4,7-8,11H,1-2,5-6,9-10H2. The summed E-state index contributed by atoms with van der Waals surface area (Å²) in [6.45, 7) is 0. The molecule has 0 radical (unpaired) electrons. The molecule has 2 nitrogen and oxygen atoms in total. The predicted molar refractivity (Wildman–Crippen MR) is 59.5 cm³/mol. The van der Waals surface area contributed by atoms with Gasteiger partial charge in [-0.3, -0.25) is 9.78 Å². The van der Waals surface area contributed by atoms with Crippen LogP contribution in [0.1, 0.15) is 37.8 Å². The highest BCUT2D eigenvalue weighted by molar-refractivity contribution is 5.80. The second-order valence-corrected chi connectivity index (χ2v) is 4.39. The first-order chi connectivity index (χ1) is 7.34. The van der Waals surface area contributed by atoms with E-state index in [-0.39, 0.29) is 0 Å². The minimum Gasteiger partial charge on any atom is -0.299 e. The molecule has 0 spiro atoms. The Bertz CT molecular complexity index is 315. The van der Waals surface area contributed by atoms with E-state index in [0.717, 1.165) is 12.1 Å². The molecule has 80 valence electrons. The van der Waals surface area contributed by atoms with Gasteiger partial charge in [0.05, 0.1) is 0 Å². The molecule has 2 rings (SSSR count). The van der Waals surface area contributed by atoms with Crippen molar-refractivity contribution in [2.45, 2.75) is 38.5 Å². The van der Waals surface area contributed by atoms with Crippen molar-refractivity contribution in [1.82, 2.24) is 4.98 Å². The molecule has 1 aromatic heterocycles. The quantitative estimate of drug-likeness (QED) is 0.753. The Labute approximate surface area is 90.7 Å². The summed E-state index contributed by atoms with van der Waals surface area (Å²) in [5, 5.41) is 0. The average Bonchev–Trinajstić information content (AvgIpc) is 2.71. The first kappa shape index (κ1) is 10.3. The molecule has 0 N–H and O–H groups in total. The van der Waals surface area contributed by atoms with Crippen LogP contribution < -0.4 is 0 Å². The van der Waals surface area contributed by atoms with Gasteiger partial charge in [-0.15, -0.1) is 0 Å². The van der Waals surface area contributed by atoms with Gasteiger partial charge in [-0.1, -0.05) is 31.7 Å². The Hall–Kier alpha value is -1.18. The van der Waals surface area contributed by atoms with Gasteiger partial charge < -0.3 is 0 Å². The second kappa shape index (κ2) is 5.06. The van der Waals surface area contributed by atoms with Gasteiger partial charge in [0.25, 0.3) is 0 Å². The molecule has 2 heteroatoms. The van der Waals surface area contributed by atoms with Gasteiger partial charge in [-0.2, -0.15) is 0 Å². The molecule has 1 fully saturated rings. The van der Waals surface area contributed by atoms with Crippen LogP contribution in [0.2, 0.25) is 0 Å². The summed E-state index contributed by atoms with van der Waals surface area (Å²) in [6, 6.07) is 5.74. The molecular weight excluding hydrogens is 186 g/mol. The van der Waals surface area contributed by atoms with Crippen LogP contribution in [0.25, 0.3) is 0 Å². The van der Waals surface area contributed by atoms with E-state index in [2.05, 4.69) is 4.98 Å². The van der Waals surface area contributed by atoms with Crippen LogP contribution in [0.5, 0.6) is 0 Å². The Kier molecular flexibility index (Phi) is 3.49. The molecule has 1 aliphatic carbocycles. The molecule has 1 aliphatic rings. The van der Waals surface area contributed by atoms with Crippen molar-refractivity contribution in [2.24, 2.45) is 5.92 Å². The van der Waals surface area contributed by atoms with Crippen LogP contribution in [-0.4, -0.2) is 10.8 Å². The molecule has 1 heterocycles. The lowest BCUT2D eigenvalue weighted by Crippen LogP contribution is -2.09. The molecule has 0 amide bonds. The molecule has 0 bridgehead atoms. The largest absolute Gasteiger partial charge is 0.299 e. The van der Waals surface area contributed by atoms with Gasteiger partial charge in [0.15, 0.2) is 0 Å². The molecule has 0 saturated heterocycles. The number of rotatable bonds is 4. The second-order valence-electron chi connectivity index (χ2n) is 4.39. The molecule has 1 saturated carbocycles. The summed E-state index contributed by atoms with van der Waals surface area (Å²) in [7, 11) is 0. The van der Waals surface area contributed by atoms with Crippen LogP contribution in [0.4, 0.5) is 0 Å². The zero-order chi connectivity index (χ0) is 10.5. The van der Waals surface area contributed by atoms with Gasteiger partial charge in [-0.25, -0.2) is 0 Å². The third kappa shape index (κ3) is 3.15. The maximum atomic E-state index is 11.7. The Morgan fingerprint density at radius 2 is 2.13 bits per heavy atom. The fraction of sp³-hybridized carbons (Fsp3) is 0.538. The van der Waals surface area contributed by atoms with E-state index in [1.54, 1.807) is 6.20 Å². The normalized spacial score (nSPS) is 16.8. The number of nitrogens with zero attached hydrogens (tertiary/aromatic N) is 1. The van der Waals surface area contributed by atoms with Crippen molar-refractivity contribution in [1.29, 1.82) is 0 Å². The zero-order valence-electron chi connectivity index (χ0n) is 8.98. The summed E-state index contributed by atoms with van der Waals surface area (Å²) in [5.41, 5.74) is 0.903. The maximum Gasteiger partial charge on any atom is 0.139 e. The first-order valence-electron chi connectivity index (χ1n) is 5.76. The number of carbonyl (C=O) groups excluding carboxylic acids is 1. The van der Waals surface area contributed by atoms with E-state index in [1.165, 1.54) is 25.7 Å². The molecule has 0 aliphatic heterocycles. The van der Waals surface area contributed by atoms with Crippen molar-refractivity contribution >= 4 is 5.78 Å². The fourth-order valence-electron chi connectivity index (χ4n) is 2.31. The Morgan fingerprint density at radius 3 is 2.80 bits per heavy atom. The monoisotopic (exact) mass is 203 g/mol. The lowest BCUT2D eigenvalue weighted by molar-refractivity contribution is -0.119. The van der Waals surface area contributed by atoms with Crippen molar-refractivity contribution < 1.29 is 4.79 Å². The first-order valence-corrected chi connectivity index (χ1v) is 5.76. The van der Waals surface area contributed by atoms with E-state index >= 15 is 0 Å². The third-order valence-electron chi connectivity index (χ3n) is 3.10.